The van der Waals surface area contributed by atoms with Crippen LogP contribution in [0.25, 0.3) is 6.08 Å². The predicted octanol–water partition coefficient (Wildman–Crippen LogP) is 3.56. The van der Waals surface area contributed by atoms with Crippen molar-refractivity contribution in [3.05, 3.63) is 65.9 Å². The summed E-state index contributed by atoms with van der Waals surface area (Å²) in [6.07, 6.45) is 1.78. The van der Waals surface area contributed by atoms with Crippen LogP contribution in [0.15, 0.2) is 60.3 Å². The Bertz CT molecular complexity index is 612. The van der Waals surface area contributed by atoms with Crippen molar-refractivity contribution in [1.29, 1.82) is 5.26 Å². The number of para-hydroxylation sites is 1. The summed E-state index contributed by atoms with van der Waals surface area (Å²) in [5.74, 6) is 1.53. The molecule has 0 fully saturated rings. The number of hydrogen-bond acceptors (Lipinski definition) is 3. The first-order valence-electron chi connectivity index (χ1n) is 5.94. The van der Waals surface area contributed by atoms with E-state index < -0.39 is 0 Å². The quantitative estimate of drug-likeness (QED) is 0.844. The van der Waals surface area contributed by atoms with Gasteiger partial charge in [-0.3, -0.25) is 0 Å². The summed E-state index contributed by atoms with van der Waals surface area (Å²) in [5.41, 5.74) is 1.43. The van der Waals surface area contributed by atoms with Crippen molar-refractivity contribution in [3.8, 4) is 17.6 Å². The summed E-state index contributed by atoms with van der Waals surface area (Å²) in [4.78, 5) is 0. The van der Waals surface area contributed by atoms with Gasteiger partial charge in [-0.25, -0.2) is 0 Å². The van der Waals surface area contributed by atoms with E-state index in [4.69, 9.17) is 10.00 Å². The molecular formula is C16H14N2O. The first-order valence-corrected chi connectivity index (χ1v) is 5.94. The molecule has 2 aromatic rings. The van der Waals surface area contributed by atoms with Crippen molar-refractivity contribution in [3.63, 3.8) is 0 Å². The van der Waals surface area contributed by atoms with Gasteiger partial charge in [-0.15, -0.1) is 0 Å². The fourth-order valence-electron chi connectivity index (χ4n) is 1.62. The molecule has 0 aromatic heterocycles. The predicted molar refractivity (Wildman–Crippen MR) is 75.6 cm³/mol. The van der Waals surface area contributed by atoms with Gasteiger partial charge in [0, 0.05) is 7.05 Å². The Morgan fingerprint density at radius 3 is 2.53 bits per heavy atom. The van der Waals surface area contributed by atoms with E-state index in [2.05, 4.69) is 11.4 Å². The Kier molecular flexibility index (Phi) is 4.20. The van der Waals surface area contributed by atoms with Crippen LogP contribution >= 0.6 is 0 Å². The Balaban J connectivity index is 2.21. The molecule has 0 radical (unpaired) electrons. The number of nitrogens with one attached hydrogen (secondary N) is 1. The molecule has 0 bridgehead atoms. The molecule has 3 heteroatoms. The summed E-state index contributed by atoms with van der Waals surface area (Å²) in [7, 11) is 1.72. The Labute approximate surface area is 112 Å². The van der Waals surface area contributed by atoms with Crippen LogP contribution in [-0.2, 0) is 0 Å². The van der Waals surface area contributed by atoms with Gasteiger partial charge < -0.3 is 10.1 Å². The van der Waals surface area contributed by atoms with E-state index in [9.17, 15) is 0 Å². The van der Waals surface area contributed by atoms with Crippen LogP contribution < -0.4 is 10.1 Å². The summed E-state index contributed by atoms with van der Waals surface area (Å²) < 4.78 is 5.74. The van der Waals surface area contributed by atoms with Crippen LogP contribution in [-0.4, -0.2) is 7.05 Å². The van der Waals surface area contributed by atoms with Crippen molar-refractivity contribution in [2.75, 3.05) is 7.05 Å². The molecule has 0 heterocycles. The molecule has 0 aliphatic rings. The molecule has 0 aliphatic heterocycles. The van der Waals surface area contributed by atoms with Gasteiger partial charge in [0.05, 0.1) is 0 Å². The third kappa shape index (κ3) is 3.62. The lowest BCUT2D eigenvalue weighted by molar-refractivity contribution is 0.482. The Morgan fingerprint density at radius 2 is 1.84 bits per heavy atom. The summed E-state index contributed by atoms with van der Waals surface area (Å²) in [6, 6.07) is 19.3. The fraction of sp³-hybridized carbons (Fsp3) is 0.0625. The topological polar surface area (TPSA) is 45.0 Å². The van der Waals surface area contributed by atoms with Gasteiger partial charge in [-0.2, -0.15) is 5.26 Å². The van der Waals surface area contributed by atoms with Crippen molar-refractivity contribution < 1.29 is 4.74 Å². The highest BCUT2D eigenvalue weighted by atomic mass is 16.5. The van der Waals surface area contributed by atoms with Crippen LogP contribution in [0.5, 0.6) is 11.5 Å². The minimum atomic E-state index is 0.511. The molecule has 0 saturated carbocycles. The maximum atomic E-state index is 8.88. The zero-order valence-corrected chi connectivity index (χ0v) is 10.6. The average molecular weight is 250 g/mol. The number of hydrogen-bond donors (Lipinski definition) is 1. The highest BCUT2D eigenvalue weighted by molar-refractivity contribution is 5.58. The van der Waals surface area contributed by atoms with Gasteiger partial charge in [-0.1, -0.05) is 30.3 Å². The van der Waals surface area contributed by atoms with E-state index >= 15 is 0 Å². The van der Waals surface area contributed by atoms with Crippen LogP contribution in [0.1, 0.15) is 5.56 Å². The second kappa shape index (κ2) is 6.27. The number of nitriles is 1. The minimum Gasteiger partial charge on any atom is -0.457 e. The SMILES string of the molecule is CN/C(C#N)=C/c1cccc(Oc2ccccc2)c1. The number of benzene rings is 2. The van der Waals surface area contributed by atoms with Gasteiger partial charge in [0.25, 0.3) is 0 Å². The van der Waals surface area contributed by atoms with Crippen LogP contribution in [0.4, 0.5) is 0 Å². The molecule has 3 nitrogen and oxygen atoms in total. The maximum absolute atomic E-state index is 8.88. The van der Waals surface area contributed by atoms with Crippen molar-refractivity contribution in [2.45, 2.75) is 0 Å². The first kappa shape index (κ1) is 12.7. The molecular weight excluding hydrogens is 236 g/mol. The third-order valence-corrected chi connectivity index (χ3v) is 2.54. The van der Waals surface area contributed by atoms with E-state index in [1.807, 2.05) is 54.6 Å². The van der Waals surface area contributed by atoms with Crippen LogP contribution in [0.3, 0.4) is 0 Å². The van der Waals surface area contributed by atoms with Crippen molar-refractivity contribution in [2.24, 2.45) is 0 Å². The smallest absolute Gasteiger partial charge is 0.128 e. The summed E-state index contributed by atoms with van der Waals surface area (Å²) in [5, 5.41) is 11.7. The monoisotopic (exact) mass is 250 g/mol. The number of ether oxygens (including phenoxy) is 1. The van der Waals surface area contributed by atoms with Gasteiger partial charge in [0.15, 0.2) is 0 Å². The van der Waals surface area contributed by atoms with Crippen molar-refractivity contribution >= 4 is 6.08 Å². The molecule has 0 unspecified atom stereocenters. The van der Waals surface area contributed by atoms with Crippen LogP contribution in [0.2, 0.25) is 0 Å². The zero-order valence-electron chi connectivity index (χ0n) is 10.6. The van der Waals surface area contributed by atoms with Crippen molar-refractivity contribution in [1.82, 2.24) is 5.32 Å². The second-order valence-corrected chi connectivity index (χ2v) is 3.91. The minimum absolute atomic E-state index is 0.511. The largest absolute Gasteiger partial charge is 0.457 e. The number of nitrogens with zero attached hydrogens (tertiary/aromatic N) is 1. The fourth-order valence-corrected chi connectivity index (χ4v) is 1.62. The standard InChI is InChI=1S/C16H14N2O/c1-18-14(12-17)10-13-6-5-9-16(11-13)19-15-7-3-2-4-8-15/h2-11,18H,1H3/b14-10+. The molecule has 94 valence electrons. The third-order valence-electron chi connectivity index (χ3n) is 2.54. The maximum Gasteiger partial charge on any atom is 0.128 e. The average Bonchev–Trinajstić information content (AvgIpc) is 2.46. The second-order valence-electron chi connectivity index (χ2n) is 3.91. The lowest BCUT2D eigenvalue weighted by Crippen LogP contribution is -2.02. The molecule has 0 aliphatic carbocycles. The highest BCUT2D eigenvalue weighted by Crippen LogP contribution is 2.22. The Hall–Kier alpha value is -2.73. The van der Waals surface area contributed by atoms with Gasteiger partial charge in [0.1, 0.15) is 23.3 Å². The lowest BCUT2D eigenvalue weighted by Gasteiger charge is -2.06. The van der Waals surface area contributed by atoms with Gasteiger partial charge in [-0.05, 0) is 35.9 Å². The normalized spacial score (nSPS) is 10.6. The van der Waals surface area contributed by atoms with E-state index in [-0.39, 0.29) is 0 Å². The van der Waals surface area contributed by atoms with Gasteiger partial charge >= 0.3 is 0 Å². The molecule has 0 saturated heterocycles. The van der Waals surface area contributed by atoms with E-state index in [0.717, 1.165) is 17.1 Å². The molecule has 0 amide bonds. The van der Waals surface area contributed by atoms with Crippen LogP contribution in [0, 0.1) is 11.3 Å². The number of allylic oxidation sites excluding steroid dienone is 1. The molecule has 1 N–H and O–H groups in total. The summed E-state index contributed by atoms with van der Waals surface area (Å²) in [6.45, 7) is 0. The van der Waals surface area contributed by atoms with E-state index in [1.54, 1.807) is 13.1 Å². The van der Waals surface area contributed by atoms with E-state index in [0.29, 0.717) is 5.70 Å². The number of rotatable bonds is 4. The summed E-state index contributed by atoms with van der Waals surface area (Å²) >= 11 is 0. The molecule has 2 aromatic carbocycles. The van der Waals surface area contributed by atoms with E-state index in [1.165, 1.54) is 0 Å². The zero-order chi connectivity index (χ0) is 13.5. The highest BCUT2D eigenvalue weighted by Gasteiger charge is 1.98. The first-order chi connectivity index (χ1) is 9.31. The van der Waals surface area contributed by atoms with Gasteiger partial charge in [0.2, 0.25) is 0 Å². The molecule has 0 atom stereocenters. The Morgan fingerprint density at radius 1 is 1.11 bits per heavy atom. The lowest BCUT2D eigenvalue weighted by atomic mass is 10.2. The molecule has 0 spiro atoms. The molecule has 2 rings (SSSR count). The molecule has 19 heavy (non-hydrogen) atoms.